The Morgan fingerprint density at radius 2 is 1.93 bits per heavy atom. The fraction of sp³-hybridized carbons (Fsp3) is 0.475. The van der Waals surface area contributed by atoms with Gasteiger partial charge in [-0.05, 0) is 37.3 Å². The molecule has 5 saturated heterocycles. The predicted octanol–water partition coefficient (Wildman–Crippen LogP) is 5.18. The van der Waals surface area contributed by atoms with Crippen LogP contribution in [0, 0.1) is 28.8 Å². The maximum atomic E-state index is 16.9. The SMILES string of the molecule is N#CC[C@H]1CN(c2nc(OC[C@@]34CCCN3C[C@H](F)C4)nc3c(F)c(-c4cccc5ccc(F)c(F)c45)ncc23)CCN1C(=O)/C=C/CN1C2COCC1C2. The molecule has 286 valence electrons. The fourth-order valence-electron chi connectivity index (χ4n) is 9.37. The maximum absolute atomic E-state index is 16.9. The van der Waals surface area contributed by atoms with E-state index in [1.807, 2.05) is 11.0 Å². The second-order valence-electron chi connectivity index (χ2n) is 15.3. The molecule has 2 bridgehead atoms. The van der Waals surface area contributed by atoms with Crippen molar-refractivity contribution in [2.45, 2.75) is 61.9 Å². The lowest BCUT2D eigenvalue weighted by molar-refractivity contribution is -0.129. The summed E-state index contributed by atoms with van der Waals surface area (Å²) in [7, 11) is 0. The molecule has 11 nitrogen and oxygen atoms in total. The molecule has 4 aromatic rings. The van der Waals surface area contributed by atoms with E-state index in [9.17, 15) is 18.8 Å². The van der Waals surface area contributed by atoms with Gasteiger partial charge in [0.05, 0.1) is 42.7 Å². The molecule has 0 spiro atoms. The van der Waals surface area contributed by atoms with Crippen LogP contribution >= 0.6 is 0 Å². The average molecular weight is 757 g/mol. The number of ether oxygens (including phenoxy) is 2. The summed E-state index contributed by atoms with van der Waals surface area (Å²) in [4.78, 5) is 35.2. The second-order valence-corrected chi connectivity index (χ2v) is 15.3. The first-order valence-electron chi connectivity index (χ1n) is 18.9. The normalized spacial score (nSPS) is 26.8. The molecule has 9 rings (SSSR count). The smallest absolute Gasteiger partial charge is 0.319 e. The number of carbonyl (C=O) groups excluding carboxylic acids is 1. The van der Waals surface area contributed by atoms with Gasteiger partial charge < -0.3 is 19.3 Å². The van der Waals surface area contributed by atoms with Gasteiger partial charge in [0.1, 0.15) is 29.8 Å². The summed E-state index contributed by atoms with van der Waals surface area (Å²) < 4.78 is 73.0. The van der Waals surface area contributed by atoms with Crippen LogP contribution in [-0.2, 0) is 9.53 Å². The summed E-state index contributed by atoms with van der Waals surface area (Å²) in [5.41, 5.74) is -0.844. The van der Waals surface area contributed by atoms with Crippen LogP contribution in [0.15, 0.2) is 48.7 Å². The Bertz CT molecular complexity index is 2220. The zero-order chi connectivity index (χ0) is 37.8. The third kappa shape index (κ3) is 6.33. The van der Waals surface area contributed by atoms with Crippen molar-refractivity contribution >= 4 is 33.4 Å². The molecule has 5 aliphatic heterocycles. The van der Waals surface area contributed by atoms with Crippen molar-refractivity contribution in [3.05, 3.63) is 66.1 Å². The zero-order valence-corrected chi connectivity index (χ0v) is 30.1. The number of morpholine rings is 1. The van der Waals surface area contributed by atoms with Gasteiger partial charge >= 0.3 is 6.01 Å². The van der Waals surface area contributed by atoms with Crippen LogP contribution < -0.4 is 9.64 Å². The van der Waals surface area contributed by atoms with Crippen LogP contribution in [-0.4, -0.2) is 124 Å². The first kappa shape index (κ1) is 35.8. The molecule has 2 unspecified atom stereocenters. The number of fused-ring (bicyclic) bond motifs is 5. The number of halogens is 4. The van der Waals surface area contributed by atoms with Crippen LogP contribution in [0.25, 0.3) is 32.9 Å². The van der Waals surface area contributed by atoms with Crippen LogP contribution in [0.4, 0.5) is 23.4 Å². The van der Waals surface area contributed by atoms with E-state index in [0.29, 0.717) is 62.6 Å². The van der Waals surface area contributed by atoms with E-state index >= 15 is 8.78 Å². The molecule has 1 amide bonds. The highest BCUT2D eigenvalue weighted by molar-refractivity contribution is 5.99. The van der Waals surface area contributed by atoms with Crippen LogP contribution in [0.3, 0.4) is 0 Å². The minimum atomic E-state index is -1.12. The molecule has 0 radical (unpaired) electrons. The lowest BCUT2D eigenvalue weighted by Gasteiger charge is -2.52. The van der Waals surface area contributed by atoms with E-state index in [-0.39, 0.29) is 65.6 Å². The molecular weight excluding hydrogens is 716 g/mol. The third-order valence-corrected chi connectivity index (χ3v) is 12.1. The molecule has 2 aromatic heterocycles. The summed E-state index contributed by atoms with van der Waals surface area (Å²) in [6.07, 6.45) is 6.98. The van der Waals surface area contributed by atoms with Crippen molar-refractivity contribution in [2.75, 3.05) is 64.0 Å². The first-order chi connectivity index (χ1) is 26.7. The number of nitriles is 1. The van der Waals surface area contributed by atoms with Crippen molar-refractivity contribution in [1.29, 1.82) is 5.26 Å². The van der Waals surface area contributed by atoms with Crippen molar-refractivity contribution in [3.63, 3.8) is 0 Å². The van der Waals surface area contributed by atoms with Crippen molar-refractivity contribution in [1.82, 2.24) is 29.7 Å². The van der Waals surface area contributed by atoms with Crippen molar-refractivity contribution in [3.8, 4) is 23.3 Å². The number of anilines is 1. The molecule has 0 N–H and O–H groups in total. The molecular formula is C40H40F4N8O3. The number of carbonyl (C=O) groups is 1. The Morgan fingerprint density at radius 3 is 2.75 bits per heavy atom. The van der Waals surface area contributed by atoms with Crippen molar-refractivity contribution < 1.29 is 31.8 Å². The minimum Gasteiger partial charge on any atom is -0.461 e. The topological polar surface area (TPSA) is 111 Å². The van der Waals surface area contributed by atoms with Gasteiger partial charge in [-0.2, -0.15) is 15.2 Å². The molecule has 2 aromatic carbocycles. The molecule has 0 aliphatic carbocycles. The number of pyridine rings is 1. The summed E-state index contributed by atoms with van der Waals surface area (Å²) in [5.74, 6) is -2.97. The van der Waals surface area contributed by atoms with Crippen LogP contribution in [0.1, 0.15) is 32.1 Å². The van der Waals surface area contributed by atoms with Gasteiger partial charge in [-0.15, -0.1) is 0 Å². The summed E-state index contributed by atoms with van der Waals surface area (Å²) in [6, 6.07) is 9.47. The van der Waals surface area contributed by atoms with Crippen molar-refractivity contribution in [2.24, 2.45) is 0 Å². The fourth-order valence-corrected chi connectivity index (χ4v) is 9.37. The number of amides is 1. The molecule has 5 atom stereocenters. The Balaban J connectivity index is 1.05. The van der Waals surface area contributed by atoms with E-state index in [1.54, 1.807) is 23.1 Å². The van der Waals surface area contributed by atoms with E-state index < -0.39 is 35.2 Å². The Kier molecular flexibility index (Phi) is 9.30. The van der Waals surface area contributed by atoms with Crippen LogP contribution in [0.5, 0.6) is 6.01 Å². The van der Waals surface area contributed by atoms with E-state index in [1.165, 1.54) is 18.3 Å². The van der Waals surface area contributed by atoms with Gasteiger partial charge in [-0.3, -0.25) is 19.6 Å². The maximum Gasteiger partial charge on any atom is 0.319 e. The molecule has 5 fully saturated rings. The van der Waals surface area contributed by atoms with Gasteiger partial charge in [0.2, 0.25) is 5.91 Å². The minimum absolute atomic E-state index is 0.0527. The van der Waals surface area contributed by atoms with E-state index in [4.69, 9.17) is 14.5 Å². The molecule has 55 heavy (non-hydrogen) atoms. The number of hydrogen-bond acceptors (Lipinski definition) is 10. The highest BCUT2D eigenvalue weighted by Crippen LogP contribution is 2.41. The number of nitrogens with zero attached hydrogens (tertiary/aromatic N) is 8. The Hall–Kier alpha value is -4.91. The van der Waals surface area contributed by atoms with Gasteiger partial charge in [-0.1, -0.05) is 30.3 Å². The number of rotatable bonds is 9. The van der Waals surface area contributed by atoms with Gasteiger partial charge in [-0.25, -0.2) is 17.6 Å². The number of benzene rings is 2. The van der Waals surface area contributed by atoms with Gasteiger partial charge in [0.25, 0.3) is 0 Å². The number of piperazine rings is 1. The van der Waals surface area contributed by atoms with Crippen LogP contribution in [0.2, 0.25) is 0 Å². The van der Waals surface area contributed by atoms with E-state index in [2.05, 4.69) is 25.8 Å². The third-order valence-electron chi connectivity index (χ3n) is 12.1. The Labute approximate surface area is 315 Å². The number of hydrogen-bond donors (Lipinski definition) is 0. The Morgan fingerprint density at radius 1 is 1.07 bits per heavy atom. The van der Waals surface area contributed by atoms with Gasteiger partial charge in [0.15, 0.2) is 17.5 Å². The zero-order valence-electron chi connectivity index (χ0n) is 30.1. The summed E-state index contributed by atoms with van der Waals surface area (Å²) in [5, 5.41) is 10.3. The summed E-state index contributed by atoms with van der Waals surface area (Å²) in [6.45, 7) is 4.02. The monoisotopic (exact) mass is 756 g/mol. The standard InChI is InChI=1S/C40H40F4N8O3/c41-25-17-40(10-3-12-50(40)19-25)23-55-39-47-37-30(18-46-36(35(37)44)29-5-1-4-24-7-8-31(42)34(43)33(24)29)38(48-39)49-14-15-52(26(20-49)9-11-45)32(53)6-2-13-51-27-16-28(51)22-54-21-27/h1-2,4-8,18,25-28H,3,9-10,12-17,19-23H2/b6-2+/t25-,26+,27?,28?,40+/m1/s1. The second kappa shape index (κ2) is 14.3. The predicted molar refractivity (Wildman–Crippen MR) is 195 cm³/mol. The first-order valence-corrected chi connectivity index (χ1v) is 18.9. The number of alkyl halides is 1. The highest BCUT2D eigenvalue weighted by Gasteiger charge is 2.49. The average Bonchev–Trinajstić information content (AvgIpc) is 3.73. The molecule has 7 heterocycles. The highest BCUT2D eigenvalue weighted by atomic mass is 19.2. The molecule has 0 saturated carbocycles. The largest absolute Gasteiger partial charge is 0.461 e. The van der Waals surface area contributed by atoms with E-state index in [0.717, 1.165) is 31.9 Å². The van der Waals surface area contributed by atoms with Gasteiger partial charge in [0, 0.05) is 74.5 Å². The lowest BCUT2D eigenvalue weighted by atomic mass is 9.91. The number of aromatic nitrogens is 3. The molecule has 5 aliphatic rings. The molecule has 15 heteroatoms. The quantitative estimate of drug-likeness (QED) is 0.168. The summed E-state index contributed by atoms with van der Waals surface area (Å²) >= 11 is 0. The lowest BCUT2D eigenvalue weighted by Crippen LogP contribution is -2.63.